The molecule has 18 heavy (non-hydrogen) atoms. The van der Waals surface area contributed by atoms with E-state index in [0.717, 1.165) is 30.6 Å². The summed E-state index contributed by atoms with van der Waals surface area (Å²) < 4.78 is 0. The van der Waals surface area contributed by atoms with Gasteiger partial charge in [-0.15, -0.1) is 11.3 Å². The average Bonchev–Trinajstić information content (AvgIpc) is 2.66. The molecule has 0 saturated carbocycles. The number of aliphatic hydroxyl groups excluding tert-OH is 1. The van der Waals surface area contributed by atoms with E-state index in [4.69, 9.17) is 5.11 Å². The summed E-state index contributed by atoms with van der Waals surface area (Å²) in [4.78, 5) is 14.2. The Hall–Kier alpha value is -0.870. The number of unbranched alkanes of at least 4 members (excludes halogenated alkanes) is 1. The van der Waals surface area contributed by atoms with Gasteiger partial charge in [-0.3, -0.25) is 4.79 Å². The number of fused-ring (bicyclic) bond motifs is 1. The number of carbonyl (C=O) groups excluding carboxylic acids is 1. The first-order chi connectivity index (χ1) is 8.81. The minimum absolute atomic E-state index is 0.0472. The van der Waals surface area contributed by atoms with Crippen LogP contribution in [-0.2, 0) is 12.8 Å². The van der Waals surface area contributed by atoms with E-state index in [1.165, 1.54) is 29.7 Å². The quantitative estimate of drug-likeness (QED) is 0.636. The van der Waals surface area contributed by atoms with Gasteiger partial charge in [0, 0.05) is 18.0 Å². The summed E-state index contributed by atoms with van der Waals surface area (Å²) >= 11 is 1.66. The van der Waals surface area contributed by atoms with Gasteiger partial charge in [-0.1, -0.05) is 6.42 Å². The predicted octanol–water partition coefficient (Wildman–Crippen LogP) is 2.52. The number of aliphatic hydroxyl groups is 1. The Morgan fingerprint density at radius 1 is 1.28 bits per heavy atom. The van der Waals surface area contributed by atoms with Crippen molar-refractivity contribution in [2.45, 2.75) is 44.9 Å². The van der Waals surface area contributed by atoms with Gasteiger partial charge in [-0.05, 0) is 50.2 Å². The van der Waals surface area contributed by atoms with Gasteiger partial charge >= 0.3 is 0 Å². The van der Waals surface area contributed by atoms with Crippen molar-refractivity contribution >= 4 is 17.2 Å². The molecule has 0 fully saturated rings. The number of thiophene rings is 1. The molecular formula is C14H21NO2S. The molecule has 1 aromatic heterocycles. The van der Waals surface area contributed by atoms with E-state index in [-0.39, 0.29) is 12.5 Å². The predicted molar refractivity (Wildman–Crippen MR) is 74.2 cm³/mol. The molecule has 0 aliphatic heterocycles. The molecule has 1 aromatic rings. The van der Waals surface area contributed by atoms with Crippen LogP contribution in [0.25, 0.3) is 0 Å². The fourth-order valence-electron chi connectivity index (χ4n) is 2.31. The largest absolute Gasteiger partial charge is 0.396 e. The second-order valence-corrected chi connectivity index (χ2v) is 5.94. The Balaban J connectivity index is 1.90. The summed E-state index contributed by atoms with van der Waals surface area (Å²) in [6, 6.07) is 2.08. The maximum Gasteiger partial charge on any atom is 0.261 e. The highest BCUT2D eigenvalue weighted by Crippen LogP contribution is 2.28. The molecule has 1 amide bonds. The van der Waals surface area contributed by atoms with Crippen LogP contribution in [-0.4, -0.2) is 24.2 Å². The lowest BCUT2D eigenvalue weighted by Crippen LogP contribution is -2.23. The van der Waals surface area contributed by atoms with Crippen LogP contribution in [0.15, 0.2) is 6.07 Å². The molecule has 1 aliphatic carbocycles. The van der Waals surface area contributed by atoms with Gasteiger partial charge in [0.05, 0.1) is 4.88 Å². The molecule has 0 bridgehead atoms. The van der Waals surface area contributed by atoms with Crippen LogP contribution in [0.2, 0.25) is 0 Å². The SMILES string of the molecule is O=C(NCCCCO)c1cc2c(s1)CCCCC2. The molecule has 2 rings (SSSR count). The van der Waals surface area contributed by atoms with Gasteiger partial charge in [0.25, 0.3) is 5.91 Å². The van der Waals surface area contributed by atoms with Crippen molar-refractivity contribution < 1.29 is 9.90 Å². The topological polar surface area (TPSA) is 49.3 Å². The first kappa shape index (κ1) is 13.6. The van der Waals surface area contributed by atoms with E-state index in [1.807, 2.05) is 0 Å². The van der Waals surface area contributed by atoms with Crippen molar-refractivity contribution in [1.29, 1.82) is 0 Å². The van der Waals surface area contributed by atoms with Crippen LogP contribution >= 0.6 is 11.3 Å². The monoisotopic (exact) mass is 267 g/mol. The number of carbonyl (C=O) groups is 1. The smallest absolute Gasteiger partial charge is 0.261 e. The Bertz CT molecular complexity index is 377. The lowest BCUT2D eigenvalue weighted by atomic mass is 10.1. The molecule has 2 N–H and O–H groups in total. The third-order valence-corrected chi connectivity index (χ3v) is 4.58. The van der Waals surface area contributed by atoms with Crippen molar-refractivity contribution in [3.05, 3.63) is 21.4 Å². The molecule has 0 aromatic carbocycles. The van der Waals surface area contributed by atoms with Crippen molar-refractivity contribution in [3.8, 4) is 0 Å². The molecule has 3 nitrogen and oxygen atoms in total. The van der Waals surface area contributed by atoms with Crippen LogP contribution in [0.3, 0.4) is 0 Å². The van der Waals surface area contributed by atoms with Gasteiger partial charge in [0.15, 0.2) is 0 Å². The Labute approximate surface area is 112 Å². The van der Waals surface area contributed by atoms with Crippen LogP contribution < -0.4 is 5.32 Å². The molecule has 0 radical (unpaired) electrons. The summed E-state index contributed by atoms with van der Waals surface area (Å²) in [5.41, 5.74) is 1.39. The Morgan fingerprint density at radius 3 is 2.94 bits per heavy atom. The highest BCUT2D eigenvalue weighted by atomic mass is 32.1. The number of hydrogen-bond acceptors (Lipinski definition) is 3. The second-order valence-electron chi connectivity index (χ2n) is 4.81. The minimum Gasteiger partial charge on any atom is -0.396 e. The Morgan fingerprint density at radius 2 is 2.11 bits per heavy atom. The molecule has 0 spiro atoms. The van der Waals surface area contributed by atoms with Crippen LogP contribution in [0.1, 0.15) is 52.2 Å². The number of amides is 1. The molecule has 1 aliphatic rings. The van der Waals surface area contributed by atoms with E-state index in [9.17, 15) is 4.79 Å². The highest BCUT2D eigenvalue weighted by Gasteiger charge is 2.15. The van der Waals surface area contributed by atoms with Gasteiger partial charge in [0.1, 0.15) is 0 Å². The summed E-state index contributed by atoms with van der Waals surface area (Å²) in [7, 11) is 0. The molecule has 0 saturated heterocycles. The van der Waals surface area contributed by atoms with E-state index < -0.39 is 0 Å². The zero-order chi connectivity index (χ0) is 12.8. The minimum atomic E-state index is 0.0472. The number of aryl methyl sites for hydroxylation is 2. The highest BCUT2D eigenvalue weighted by molar-refractivity contribution is 7.14. The first-order valence-corrected chi connectivity index (χ1v) is 7.63. The molecule has 100 valence electrons. The van der Waals surface area contributed by atoms with Crippen molar-refractivity contribution in [1.82, 2.24) is 5.32 Å². The summed E-state index contributed by atoms with van der Waals surface area (Å²) in [5, 5.41) is 11.6. The Kier molecular flexibility index (Phi) is 5.20. The average molecular weight is 267 g/mol. The third-order valence-electron chi connectivity index (χ3n) is 3.34. The van der Waals surface area contributed by atoms with Gasteiger partial charge in [0.2, 0.25) is 0 Å². The molecule has 4 heteroatoms. The maximum absolute atomic E-state index is 11.9. The number of rotatable bonds is 5. The van der Waals surface area contributed by atoms with E-state index in [2.05, 4.69) is 11.4 Å². The number of nitrogens with one attached hydrogen (secondary N) is 1. The fourth-order valence-corrected chi connectivity index (χ4v) is 3.48. The summed E-state index contributed by atoms with van der Waals surface area (Å²) in [6.45, 7) is 0.852. The van der Waals surface area contributed by atoms with Gasteiger partial charge in [-0.25, -0.2) is 0 Å². The van der Waals surface area contributed by atoms with E-state index in [0.29, 0.717) is 6.54 Å². The van der Waals surface area contributed by atoms with Crippen LogP contribution in [0.4, 0.5) is 0 Å². The lowest BCUT2D eigenvalue weighted by Gasteiger charge is -2.02. The zero-order valence-corrected chi connectivity index (χ0v) is 11.5. The standard InChI is InChI=1S/C14H21NO2S/c16-9-5-4-8-15-14(17)13-10-11-6-2-1-3-7-12(11)18-13/h10,16H,1-9H2,(H,15,17). The van der Waals surface area contributed by atoms with Crippen LogP contribution in [0.5, 0.6) is 0 Å². The molecule has 0 atom stereocenters. The molecule has 0 unspecified atom stereocenters. The van der Waals surface area contributed by atoms with Gasteiger partial charge in [-0.2, -0.15) is 0 Å². The summed E-state index contributed by atoms with van der Waals surface area (Å²) in [6.07, 6.45) is 7.67. The van der Waals surface area contributed by atoms with E-state index in [1.54, 1.807) is 11.3 Å². The summed E-state index contributed by atoms with van der Waals surface area (Å²) in [5.74, 6) is 0.0472. The third kappa shape index (κ3) is 3.56. The normalized spacial score (nSPS) is 14.9. The van der Waals surface area contributed by atoms with E-state index >= 15 is 0 Å². The second kappa shape index (κ2) is 6.90. The number of hydrogen-bond donors (Lipinski definition) is 2. The lowest BCUT2D eigenvalue weighted by molar-refractivity contribution is 0.0956. The van der Waals surface area contributed by atoms with Crippen molar-refractivity contribution in [2.75, 3.05) is 13.2 Å². The van der Waals surface area contributed by atoms with Crippen molar-refractivity contribution in [3.63, 3.8) is 0 Å². The fraction of sp³-hybridized carbons (Fsp3) is 0.643. The van der Waals surface area contributed by atoms with Crippen LogP contribution in [0, 0.1) is 0 Å². The molecule has 1 heterocycles. The maximum atomic E-state index is 11.9. The van der Waals surface area contributed by atoms with Crippen molar-refractivity contribution in [2.24, 2.45) is 0 Å². The molecular weight excluding hydrogens is 246 g/mol. The van der Waals surface area contributed by atoms with Gasteiger partial charge < -0.3 is 10.4 Å². The zero-order valence-electron chi connectivity index (χ0n) is 10.7. The first-order valence-electron chi connectivity index (χ1n) is 6.82.